The van der Waals surface area contributed by atoms with Gasteiger partial charge in [-0.2, -0.15) is 5.10 Å². The molecular formula is C17H16ClN5O. The second kappa shape index (κ2) is 6.20. The maximum Gasteiger partial charge on any atom is 0.228 e. The second-order valence-electron chi connectivity index (χ2n) is 5.99. The summed E-state index contributed by atoms with van der Waals surface area (Å²) in [5.41, 5.74) is 2.12. The van der Waals surface area contributed by atoms with Crippen LogP contribution in [0.2, 0.25) is 5.02 Å². The predicted molar refractivity (Wildman–Crippen MR) is 92.7 cm³/mol. The number of carbonyl (C=O) groups excluding carboxylic acids is 1. The predicted octanol–water partition coefficient (Wildman–Crippen LogP) is 3.80. The highest BCUT2D eigenvalue weighted by molar-refractivity contribution is 6.33. The molecule has 6 nitrogen and oxygen atoms in total. The standard InChI is InChI=1S/C17H16ClN5O/c18-13-9-12-15(20-14(13)10-5-7-19-8-6-10)22-23-16(12)21-17(24)11-3-1-2-4-11/h5-9,11H,1-4H2,(H2,20,21,22,23,24). The number of amides is 1. The fraction of sp³-hybridized carbons (Fsp3) is 0.294. The molecule has 4 rings (SSSR count). The summed E-state index contributed by atoms with van der Waals surface area (Å²) in [7, 11) is 0. The van der Waals surface area contributed by atoms with Crippen molar-refractivity contribution in [2.75, 3.05) is 5.32 Å². The van der Waals surface area contributed by atoms with E-state index in [0.717, 1.165) is 31.2 Å². The van der Waals surface area contributed by atoms with Gasteiger partial charge in [-0.1, -0.05) is 24.4 Å². The molecule has 122 valence electrons. The Labute approximate surface area is 143 Å². The summed E-state index contributed by atoms with van der Waals surface area (Å²) in [4.78, 5) is 20.8. The topological polar surface area (TPSA) is 83.6 Å². The summed E-state index contributed by atoms with van der Waals surface area (Å²) in [6.45, 7) is 0. The molecule has 0 unspecified atom stereocenters. The number of rotatable bonds is 3. The van der Waals surface area contributed by atoms with Gasteiger partial charge in [-0.3, -0.25) is 14.9 Å². The molecule has 3 aromatic rings. The number of H-pyrrole nitrogens is 1. The van der Waals surface area contributed by atoms with Gasteiger partial charge < -0.3 is 5.32 Å². The lowest BCUT2D eigenvalue weighted by molar-refractivity contribution is -0.119. The summed E-state index contributed by atoms with van der Waals surface area (Å²) < 4.78 is 0. The molecule has 3 heterocycles. The van der Waals surface area contributed by atoms with Crippen LogP contribution in [0.1, 0.15) is 25.7 Å². The van der Waals surface area contributed by atoms with Crippen molar-refractivity contribution in [3.63, 3.8) is 0 Å². The number of aromatic nitrogens is 4. The average molecular weight is 342 g/mol. The molecule has 1 saturated carbocycles. The van der Waals surface area contributed by atoms with Gasteiger partial charge >= 0.3 is 0 Å². The molecule has 2 N–H and O–H groups in total. The second-order valence-corrected chi connectivity index (χ2v) is 6.40. The molecule has 0 saturated heterocycles. The summed E-state index contributed by atoms with van der Waals surface area (Å²) in [5, 5.41) is 11.2. The van der Waals surface area contributed by atoms with E-state index in [1.807, 2.05) is 12.1 Å². The molecule has 1 fully saturated rings. The molecule has 0 radical (unpaired) electrons. The molecular weight excluding hydrogens is 326 g/mol. The highest BCUT2D eigenvalue weighted by atomic mass is 35.5. The van der Waals surface area contributed by atoms with E-state index < -0.39 is 0 Å². The van der Waals surface area contributed by atoms with Crippen molar-refractivity contribution in [1.82, 2.24) is 20.2 Å². The Morgan fingerprint density at radius 2 is 2.00 bits per heavy atom. The largest absolute Gasteiger partial charge is 0.308 e. The van der Waals surface area contributed by atoms with Crippen molar-refractivity contribution in [1.29, 1.82) is 0 Å². The normalized spacial score (nSPS) is 15.0. The van der Waals surface area contributed by atoms with E-state index in [2.05, 4.69) is 25.5 Å². The SMILES string of the molecule is O=C(Nc1n[nH]c2nc(-c3ccncc3)c(Cl)cc12)C1CCCC1. The van der Waals surface area contributed by atoms with Crippen LogP contribution in [0.15, 0.2) is 30.6 Å². The molecule has 1 aliphatic rings. The molecule has 0 spiro atoms. The number of carbonyl (C=O) groups is 1. The van der Waals surface area contributed by atoms with E-state index in [1.54, 1.807) is 18.5 Å². The van der Waals surface area contributed by atoms with Gasteiger partial charge in [0.25, 0.3) is 0 Å². The quantitative estimate of drug-likeness (QED) is 0.759. The van der Waals surface area contributed by atoms with Crippen LogP contribution < -0.4 is 5.32 Å². The third-order valence-corrected chi connectivity index (χ3v) is 4.71. The molecule has 0 aromatic carbocycles. The van der Waals surface area contributed by atoms with Crippen LogP contribution in [-0.4, -0.2) is 26.1 Å². The van der Waals surface area contributed by atoms with E-state index in [0.29, 0.717) is 27.6 Å². The third kappa shape index (κ3) is 2.73. The minimum absolute atomic E-state index is 0.0234. The summed E-state index contributed by atoms with van der Waals surface area (Å²) >= 11 is 6.39. The zero-order valence-electron chi connectivity index (χ0n) is 12.9. The van der Waals surface area contributed by atoms with Gasteiger partial charge in [0.2, 0.25) is 5.91 Å². The first kappa shape index (κ1) is 15.1. The Kier molecular flexibility index (Phi) is 3.90. The van der Waals surface area contributed by atoms with E-state index in [9.17, 15) is 4.79 Å². The fourth-order valence-electron chi connectivity index (χ4n) is 3.14. The number of anilines is 1. The minimum Gasteiger partial charge on any atom is -0.308 e. The van der Waals surface area contributed by atoms with Crippen LogP contribution in [-0.2, 0) is 4.79 Å². The number of fused-ring (bicyclic) bond motifs is 1. The Morgan fingerprint density at radius 1 is 1.25 bits per heavy atom. The molecule has 7 heteroatoms. The average Bonchev–Trinajstić information content (AvgIpc) is 3.26. The number of pyridine rings is 2. The highest BCUT2D eigenvalue weighted by Gasteiger charge is 2.24. The Bertz CT molecular complexity index is 887. The van der Waals surface area contributed by atoms with E-state index in [-0.39, 0.29) is 11.8 Å². The van der Waals surface area contributed by atoms with Crippen LogP contribution in [0.4, 0.5) is 5.82 Å². The van der Waals surface area contributed by atoms with Crippen LogP contribution >= 0.6 is 11.6 Å². The molecule has 0 atom stereocenters. The van der Waals surface area contributed by atoms with Crippen LogP contribution in [0, 0.1) is 5.92 Å². The number of nitrogens with one attached hydrogen (secondary N) is 2. The molecule has 3 aromatic heterocycles. The van der Waals surface area contributed by atoms with Gasteiger partial charge in [-0.05, 0) is 31.0 Å². The number of nitrogens with zero attached hydrogens (tertiary/aromatic N) is 3. The maximum atomic E-state index is 12.3. The fourth-order valence-corrected chi connectivity index (χ4v) is 3.40. The first-order chi connectivity index (χ1) is 11.7. The van der Waals surface area contributed by atoms with Crippen LogP contribution in [0.25, 0.3) is 22.3 Å². The van der Waals surface area contributed by atoms with Gasteiger partial charge in [0.1, 0.15) is 0 Å². The third-order valence-electron chi connectivity index (χ3n) is 4.43. The monoisotopic (exact) mass is 341 g/mol. The zero-order chi connectivity index (χ0) is 16.5. The first-order valence-electron chi connectivity index (χ1n) is 7.98. The summed E-state index contributed by atoms with van der Waals surface area (Å²) in [5.74, 6) is 0.587. The number of aromatic amines is 1. The molecule has 0 bridgehead atoms. The van der Waals surface area contributed by atoms with Gasteiger partial charge in [0.15, 0.2) is 11.5 Å². The smallest absolute Gasteiger partial charge is 0.228 e. The van der Waals surface area contributed by atoms with Crippen molar-refractivity contribution in [2.45, 2.75) is 25.7 Å². The first-order valence-corrected chi connectivity index (χ1v) is 8.36. The zero-order valence-corrected chi connectivity index (χ0v) is 13.7. The van der Waals surface area contributed by atoms with Gasteiger partial charge in [-0.25, -0.2) is 4.98 Å². The molecule has 1 aliphatic carbocycles. The van der Waals surface area contributed by atoms with Crippen molar-refractivity contribution < 1.29 is 4.79 Å². The molecule has 1 amide bonds. The highest BCUT2D eigenvalue weighted by Crippen LogP contribution is 2.32. The molecule has 0 aliphatic heterocycles. The lowest BCUT2D eigenvalue weighted by Crippen LogP contribution is -2.20. The van der Waals surface area contributed by atoms with Gasteiger partial charge in [-0.15, -0.1) is 0 Å². The van der Waals surface area contributed by atoms with Crippen molar-refractivity contribution in [3.8, 4) is 11.3 Å². The Hall–Kier alpha value is -2.47. The lowest BCUT2D eigenvalue weighted by Gasteiger charge is -2.08. The van der Waals surface area contributed by atoms with Crippen molar-refractivity contribution >= 4 is 34.4 Å². The number of hydrogen-bond acceptors (Lipinski definition) is 4. The molecule has 24 heavy (non-hydrogen) atoms. The van der Waals surface area contributed by atoms with Crippen molar-refractivity contribution in [2.24, 2.45) is 5.92 Å². The Morgan fingerprint density at radius 3 is 2.75 bits per heavy atom. The van der Waals surface area contributed by atoms with Crippen LogP contribution in [0.5, 0.6) is 0 Å². The van der Waals surface area contributed by atoms with E-state index in [1.165, 1.54) is 0 Å². The number of hydrogen-bond donors (Lipinski definition) is 2. The van der Waals surface area contributed by atoms with E-state index in [4.69, 9.17) is 11.6 Å². The van der Waals surface area contributed by atoms with Gasteiger partial charge in [0, 0.05) is 23.9 Å². The Balaban J connectivity index is 1.67. The van der Waals surface area contributed by atoms with E-state index >= 15 is 0 Å². The van der Waals surface area contributed by atoms with Gasteiger partial charge in [0.05, 0.1) is 16.1 Å². The maximum absolute atomic E-state index is 12.3. The minimum atomic E-state index is 0.0234. The van der Waals surface area contributed by atoms with Crippen LogP contribution in [0.3, 0.4) is 0 Å². The summed E-state index contributed by atoms with van der Waals surface area (Å²) in [6, 6.07) is 5.48. The summed E-state index contributed by atoms with van der Waals surface area (Å²) in [6.07, 6.45) is 7.50. The number of halogens is 1. The lowest BCUT2D eigenvalue weighted by atomic mass is 10.1. The van der Waals surface area contributed by atoms with Crippen molar-refractivity contribution in [3.05, 3.63) is 35.6 Å².